The van der Waals surface area contributed by atoms with Crippen molar-refractivity contribution in [2.45, 2.75) is 33.1 Å². The highest BCUT2D eigenvalue weighted by Gasteiger charge is 2.00. The summed E-state index contributed by atoms with van der Waals surface area (Å²) in [7, 11) is 0. The van der Waals surface area contributed by atoms with E-state index in [9.17, 15) is 0 Å². The largest absolute Gasteiger partial charge is 0.379 e. The minimum Gasteiger partial charge on any atom is -0.379 e. The average Bonchev–Trinajstić information content (AvgIpc) is 2.44. The molecule has 0 aliphatic carbocycles. The predicted molar refractivity (Wildman–Crippen MR) is 81.0 cm³/mol. The second-order valence-electron chi connectivity index (χ2n) is 4.92. The van der Waals surface area contributed by atoms with E-state index >= 15 is 0 Å². The van der Waals surface area contributed by atoms with Crippen molar-refractivity contribution in [2.75, 3.05) is 59.4 Å². The molecule has 122 valence electrons. The van der Waals surface area contributed by atoms with E-state index in [4.69, 9.17) is 24.7 Å². The zero-order valence-electron chi connectivity index (χ0n) is 13.3. The number of nitrogens with two attached hydrogens (primary N) is 1. The molecule has 5 heteroatoms. The SMILES string of the molecule is CCCC(C)CCOCCOCCOCCOCCN. The van der Waals surface area contributed by atoms with Crippen molar-refractivity contribution in [1.29, 1.82) is 0 Å². The predicted octanol–water partition coefficient (Wildman–Crippen LogP) is 1.84. The fourth-order valence-electron chi connectivity index (χ4n) is 1.77. The van der Waals surface area contributed by atoms with Crippen LogP contribution in [0.4, 0.5) is 0 Å². The van der Waals surface area contributed by atoms with Crippen molar-refractivity contribution in [3.8, 4) is 0 Å². The Bertz CT molecular complexity index is 181. The zero-order chi connectivity index (χ0) is 14.9. The monoisotopic (exact) mass is 291 g/mol. The molecular formula is C15H33NO4. The van der Waals surface area contributed by atoms with Crippen LogP contribution in [0.25, 0.3) is 0 Å². The van der Waals surface area contributed by atoms with Crippen molar-refractivity contribution in [1.82, 2.24) is 0 Å². The molecule has 0 bridgehead atoms. The summed E-state index contributed by atoms with van der Waals surface area (Å²) >= 11 is 0. The van der Waals surface area contributed by atoms with Crippen LogP contribution in [0.15, 0.2) is 0 Å². The Morgan fingerprint density at radius 1 is 0.700 bits per heavy atom. The molecule has 5 nitrogen and oxygen atoms in total. The fraction of sp³-hybridized carbons (Fsp3) is 1.00. The number of hydrogen-bond acceptors (Lipinski definition) is 5. The van der Waals surface area contributed by atoms with Crippen LogP contribution in [0, 0.1) is 5.92 Å². The topological polar surface area (TPSA) is 62.9 Å². The molecule has 0 aromatic heterocycles. The van der Waals surface area contributed by atoms with Gasteiger partial charge in [0.15, 0.2) is 0 Å². The van der Waals surface area contributed by atoms with Crippen LogP contribution in [0.3, 0.4) is 0 Å². The molecule has 0 radical (unpaired) electrons. The molecule has 0 aromatic rings. The average molecular weight is 291 g/mol. The van der Waals surface area contributed by atoms with Crippen LogP contribution in [-0.4, -0.2) is 59.4 Å². The van der Waals surface area contributed by atoms with Gasteiger partial charge in [-0.1, -0.05) is 26.7 Å². The summed E-state index contributed by atoms with van der Waals surface area (Å²) < 4.78 is 21.4. The van der Waals surface area contributed by atoms with Crippen LogP contribution in [0.1, 0.15) is 33.1 Å². The lowest BCUT2D eigenvalue weighted by Gasteiger charge is -2.10. The maximum Gasteiger partial charge on any atom is 0.0701 e. The van der Waals surface area contributed by atoms with Crippen molar-refractivity contribution in [3.63, 3.8) is 0 Å². The van der Waals surface area contributed by atoms with Gasteiger partial charge in [-0.05, 0) is 12.3 Å². The lowest BCUT2D eigenvalue weighted by Crippen LogP contribution is -2.14. The van der Waals surface area contributed by atoms with E-state index in [0.29, 0.717) is 52.8 Å². The number of hydrogen-bond donors (Lipinski definition) is 1. The Hall–Kier alpha value is -0.200. The van der Waals surface area contributed by atoms with E-state index in [1.54, 1.807) is 0 Å². The molecule has 0 aliphatic rings. The Kier molecular flexibility index (Phi) is 16.7. The van der Waals surface area contributed by atoms with Gasteiger partial charge in [-0.25, -0.2) is 0 Å². The third-order valence-corrected chi connectivity index (χ3v) is 2.91. The van der Waals surface area contributed by atoms with Gasteiger partial charge in [0.2, 0.25) is 0 Å². The summed E-state index contributed by atoms with van der Waals surface area (Å²) in [6.45, 7) is 10.2. The van der Waals surface area contributed by atoms with E-state index in [1.165, 1.54) is 12.8 Å². The lowest BCUT2D eigenvalue weighted by molar-refractivity contribution is -0.00216. The lowest BCUT2D eigenvalue weighted by atomic mass is 10.0. The van der Waals surface area contributed by atoms with Gasteiger partial charge in [0, 0.05) is 13.2 Å². The first kappa shape index (κ1) is 19.8. The van der Waals surface area contributed by atoms with Crippen molar-refractivity contribution in [3.05, 3.63) is 0 Å². The molecular weight excluding hydrogens is 258 g/mol. The van der Waals surface area contributed by atoms with Gasteiger partial charge < -0.3 is 24.7 Å². The fourth-order valence-corrected chi connectivity index (χ4v) is 1.77. The minimum atomic E-state index is 0.556. The Morgan fingerprint density at radius 3 is 1.60 bits per heavy atom. The van der Waals surface area contributed by atoms with Gasteiger partial charge in [0.25, 0.3) is 0 Å². The normalized spacial score (nSPS) is 12.8. The van der Waals surface area contributed by atoms with Crippen molar-refractivity contribution in [2.24, 2.45) is 11.7 Å². The van der Waals surface area contributed by atoms with Crippen molar-refractivity contribution >= 4 is 0 Å². The van der Waals surface area contributed by atoms with E-state index in [-0.39, 0.29) is 0 Å². The van der Waals surface area contributed by atoms with Crippen LogP contribution in [-0.2, 0) is 18.9 Å². The summed E-state index contributed by atoms with van der Waals surface area (Å²) in [6, 6.07) is 0. The van der Waals surface area contributed by atoms with Crippen LogP contribution in [0.5, 0.6) is 0 Å². The quantitative estimate of drug-likeness (QED) is 0.440. The number of rotatable bonds is 16. The molecule has 1 unspecified atom stereocenters. The summed E-state index contributed by atoms with van der Waals surface area (Å²) in [6.07, 6.45) is 3.67. The smallest absolute Gasteiger partial charge is 0.0701 e. The van der Waals surface area contributed by atoms with Gasteiger partial charge >= 0.3 is 0 Å². The molecule has 0 fully saturated rings. The van der Waals surface area contributed by atoms with E-state index < -0.39 is 0 Å². The summed E-state index contributed by atoms with van der Waals surface area (Å²) in [5.74, 6) is 0.760. The second kappa shape index (κ2) is 16.9. The molecule has 0 saturated carbocycles. The molecule has 0 amide bonds. The summed E-state index contributed by atoms with van der Waals surface area (Å²) in [5.41, 5.74) is 5.29. The zero-order valence-corrected chi connectivity index (χ0v) is 13.3. The summed E-state index contributed by atoms with van der Waals surface area (Å²) in [4.78, 5) is 0. The van der Waals surface area contributed by atoms with Crippen LogP contribution >= 0.6 is 0 Å². The highest BCUT2D eigenvalue weighted by Crippen LogP contribution is 2.09. The first-order chi connectivity index (χ1) is 9.81. The number of ether oxygens (including phenoxy) is 4. The van der Waals surface area contributed by atoms with Gasteiger partial charge in [-0.3, -0.25) is 0 Å². The standard InChI is InChI=1S/C15H33NO4/c1-3-4-15(2)5-7-17-9-11-19-13-14-20-12-10-18-8-6-16/h15H,3-14,16H2,1-2H3. The molecule has 1 atom stereocenters. The Balaban J connectivity index is 2.99. The van der Waals surface area contributed by atoms with E-state index in [1.807, 2.05) is 0 Å². The Morgan fingerprint density at radius 2 is 1.15 bits per heavy atom. The highest BCUT2D eigenvalue weighted by molar-refractivity contribution is 4.50. The van der Waals surface area contributed by atoms with Gasteiger partial charge in [-0.15, -0.1) is 0 Å². The molecule has 0 aliphatic heterocycles. The first-order valence-electron chi connectivity index (χ1n) is 7.82. The summed E-state index contributed by atoms with van der Waals surface area (Å²) in [5, 5.41) is 0. The first-order valence-corrected chi connectivity index (χ1v) is 7.82. The van der Waals surface area contributed by atoms with Crippen LogP contribution < -0.4 is 5.73 Å². The maximum absolute atomic E-state index is 5.52. The van der Waals surface area contributed by atoms with Gasteiger partial charge in [0.1, 0.15) is 0 Å². The minimum absolute atomic E-state index is 0.556. The van der Waals surface area contributed by atoms with Gasteiger partial charge in [0.05, 0.1) is 46.2 Å². The molecule has 0 saturated heterocycles. The van der Waals surface area contributed by atoms with E-state index in [0.717, 1.165) is 18.9 Å². The van der Waals surface area contributed by atoms with Crippen LogP contribution in [0.2, 0.25) is 0 Å². The molecule has 0 rings (SSSR count). The Labute approximate surface area is 124 Å². The second-order valence-corrected chi connectivity index (χ2v) is 4.92. The molecule has 20 heavy (non-hydrogen) atoms. The highest BCUT2D eigenvalue weighted by atomic mass is 16.6. The molecule has 0 aromatic carbocycles. The van der Waals surface area contributed by atoms with Gasteiger partial charge in [-0.2, -0.15) is 0 Å². The third kappa shape index (κ3) is 15.9. The molecule has 0 spiro atoms. The van der Waals surface area contributed by atoms with E-state index in [2.05, 4.69) is 13.8 Å². The molecule has 2 N–H and O–H groups in total. The third-order valence-electron chi connectivity index (χ3n) is 2.91. The maximum atomic E-state index is 5.52. The van der Waals surface area contributed by atoms with Crippen molar-refractivity contribution < 1.29 is 18.9 Å². The molecule has 0 heterocycles.